The summed E-state index contributed by atoms with van der Waals surface area (Å²) in [5, 5.41) is 0. The van der Waals surface area contributed by atoms with Crippen LogP contribution in [0.5, 0.6) is 5.75 Å². The monoisotopic (exact) mass is 426 g/mol. The van der Waals surface area contributed by atoms with Crippen LogP contribution in [0, 0.1) is 0 Å². The van der Waals surface area contributed by atoms with Crippen molar-refractivity contribution in [3.05, 3.63) is 108 Å². The van der Waals surface area contributed by atoms with Crippen molar-refractivity contribution >= 4 is 12.0 Å². The number of nitrogens with zero attached hydrogens (tertiary/aromatic N) is 2. The van der Waals surface area contributed by atoms with Gasteiger partial charge in [-0.15, -0.1) is 0 Å². The standard InChI is InChI=1S/C28H30N2O2/c1-2-32-26-16-13-23(14-17-26)15-18-27(31)29-19-21-30(22-20-29)28(24-9-5-3-6-10-24)25-11-7-4-8-12-25/h3-18,28H,2,19-22H2,1H3/b18-15+. The molecule has 3 aromatic carbocycles. The van der Waals surface area contributed by atoms with E-state index in [1.165, 1.54) is 11.1 Å². The number of amides is 1. The lowest BCUT2D eigenvalue weighted by atomic mass is 9.96. The number of rotatable bonds is 7. The fourth-order valence-corrected chi connectivity index (χ4v) is 4.20. The Morgan fingerprint density at radius 2 is 1.41 bits per heavy atom. The van der Waals surface area contributed by atoms with Crippen LogP contribution < -0.4 is 4.74 Å². The Hall–Kier alpha value is -3.37. The lowest BCUT2D eigenvalue weighted by Gasteiger charge is -2.39. The molecule has 1 saturated heterocycles. The summed E-state index contributed by atoms with van der Waals surface area (Å²) in [7, 11) is 0. The van der Waals surface area contributed by atoms with E-state index < -0.39 is 0 Å². The first-order valence-electron chi connectivity index (χ1n) is 11.3. The van der Waals surface area contributed by atoms with Crippen molar-refractivity contribution in [2.75, 3.05) is 32.8 Å². The summed E-state index contributed by atoms with van der Waals surface area (Å²) in [5.74, 6) is 0.910. The zero-order valence-electron chi connectivity index (χ0n) is 18.6. The largest absolute Gasteiger partial charge is 0.494 e. The summed E-state index contributed by atoms with van der Waals surface area (Å²) < 4.78 is 5.47. The maximum Gasteiger partial charge on any atom is 0.246 e. The Kier molecular flexibility index (Phi) is 7.36. The highest BCUT2D eigenvalue weighted by Gasteiger charge is 2.27. The van der Waals surface area contributed by atoms with Gasteiger partial charge in [0.05, 0.1) is 12.6 Å². The molecule has 1 aliphatic heterocycles. The Labute approximate surface area is 190 Å². The van der Waals surface area contributed by atoms with Crippen LogP contribution in [0.3, 0.4) is 0 Å². The van der Waals surface area contributed by atoms with Crippen molar-refractivity contribution in [3.63, 3.8) is 0 Å². The second kappa shape index (κ2) is 10.8. The maximum atomic E-state index is 12.8. The van der Waals surface area contributed by atoms with Gasteiger partial charge in [0.25, 0.3) is 0 Å². The van der Waals surface area contributed by atoms with E-state index in [9.17, 15) is 4.79 Å². The van der Waals surface area contributed by atoms with Crippen LogP contribution in [0.2, 0.25) is 0 Å². The molecule has 0 spiro atoms. The van der Waals surface area contributed by atoms with E-state index in [0.717, 1.165) is 37.5 Å². The minimum Gasteiger partial charge on any atom is -0.494 e. The third kappa shape index (κ3) is 5.45. The van der Waals surface area contributed by atoms with Crippen LogP contribution in [0.15, 0.2) is 91.0 Å². The Morgan fingerprint density at radius 1 is 0.844 bits per heavy atom. The molecule has 0 bridgehead atoms. The molecule has 3 aromatic rings. The van der Waals surface area contributed by atoms with E-state index in [2.05, 4.69) is 65.6 Å². The van der Waals surface area contributed by atoms with Gasteiger partial charge in [-0.2, -0.15) is 0 Å². The first-order valence-corrected chi connectivity index (χ1v) is 11.3. The molecule has 32 heavy (non-hydrogen) atoms. The normalized spacial score (nSPS) is 14.8. The van der Waals surface area contributed by atoms with Gasteiger partial charge in [-0.05, 0) is 41.8 Å². The molecule has 0 atom stereocenters. The van der Waals surface area contributed by atoms with E-state index >= 15 is 0 Å². The molecule has 4 heteroatoms. The van der Waals surface area contributed by atoms with Crippen molar-refractivity contribution in [1.29, 1.82) is 0 Å². The maximum absolute atomic E-state index is 12.8. The van der Waals surface area contributed by atoms with E-state index in [1.807, 2.05) is 42.2 Å². The molecule has 1 amide bonds. The smallest absolute Gasteiger partial charge is 0.246 e. The molecule has 1 aliphatic rings. The molecule has 0 N–H and O–H groups in total. The number of benzene rings is 3. The highest BCUT2D eigenvalue weighted by molar-refractivity contribution is 5.91. The highest BCUT2D eigenvalue weighted by Crippen LogP contribution is 2.29. The zero-order valence-corrected chi connectivity index (χ0v) is 18.6. The van der Waals surface area contributed by atoms with Crippen LogP contribution in [0.1, 0.15) is 29.7 Å². The predicted molar refractivity (Wildman–Crippen MR) is 130 cm³/mol. The molecule has 0 unspecified atom stereocenters. The summed E-state index contributed by atoms with van der Waals surface area (Å²) in [6.07, 6.45) is 3.55. The van der Waals surface area contributed by atoms with Gasteiger partial charge < -0.3 is 9.64 Å². The van der Waals surface area contributed by atoms with Crippen LogP contribution in [0.4, 0.5) is 0 Å². The first-order chi connectivity index (χ1) is 15.7. The first kappa shape index (κ1) is 21.8. The SMILES string of the molecule is CCOc1ccc(/C=C/C(=O)N2CCN(C(c3ccccc3)c3ccccc3)CC2)cc1. The van der Waals surface area contributed by atoms with E-state index in [1.54, 1.807) is 6.08 Å². The van der Waals surface area contributed by atoms with Crippen molar-refractivity contribution < 1.29 is 9.53 Å². The third-order valence-electron chi connectivity index (χ3n) is 5.83. The second-order valence-corrected chi connectivity index (χ2v) is 7.92. The quantitative estimate of drug-likeness (QED) is 0.497. The molecule has 1 fully saturated rings. The molecule has 0 radical (unpaired) electrons. The number of carbonyl (C=O) groups is 1. The zero-order chi connectivity index (χ0) is 22.2. The van der Waals surface area contributed by atoms with Crippen molar-refractivity contribution in [2.24, 2.45) is 0 Å². The van der Waals surface area contributed by atoms with Crippen LogP contribution in [-0.4, -0.2) is 48.5 Å². The number of ether oxygens (including phenoxy) is 1. The second-order valence-electron chi connectivity index (χ2n) is 7.92. The molecule has 164 valence electrons. The van der Waals surface area contributed by atoms with Gasteiger partial charge in [-0.25, -0.2) is 0 Å². The van der Waals surface area contributed by atoms with Gasteiger partial charge in [0.2, 0.25) is 5.91 Å². The van der Waals surface area contributed by atoms with E-state index in [4.69, 9.17) is 4.74 Å². The van der Waals surface area contributed by atoms with Crippen LogP contribution >= 0.6 is 0 Å². The van der Waals surface area contributed by atoms with Gasteiger partial charge in [0.1, 0.15) is 5.75 Å². The highest BCUT2D eigenvalue weighted by atomic mass is 16.5. The fourth-order valence-electron chi connectivity index (χ4n) is 4.20. The van der Waals surface area contributed by atoms with Gasteiger partial charge in [-0.1, -0.05) is 72.8 Å². The fraction of sp³-hybridized carbons (Fsp3) is 0.250. The summed E-state index contributed by atoms with van der Waals surface area (Å²) >= 11 is 0. The average Bonchev–Trinajstić information content (AvgIpc) is 2.86. The topological polar surface area (TPSA) is 32.8 Å². The summed E-state index contributed by atoms with van der Waals surface area (Å²) in [5.41, 5.74) is 3.57. The van der Waals surface area contributed by atoms with Gasteiger partial charge in [0, 0.05) is 32.3 Å². The number of piperazine rings is 1. The number of hydrogen-bond acceptors (Lipinski definition) is 3. The minimum absolute atomic E-state index is 0.0644. The summed E-state index contributed by atoms with van der Waals surface area (Å²) in [4.78, 5) is 17.2. The van der Waals surface area contributed by atoms with Crippen molar-refractivity contribution in [3.8, 4) is 5.75 Å². The molecule has 0 aliphatic carbocycles. The summed E-state index contributed by atoms with van der Waals surface area (Å²) in [6, 6.07) is 29.2. The van der Waals surface area contributed by atoms with E-state index in [-0.39, 0.29) is 11.9 Å². The van der Waals surface area contributed by atoms with Gasteiger partial charge >= 0.3 is 0 Å². The third-order valence-corrected chi connectivity index (χ3v) is 5.83. The minimum atomic E-state index is 0.0644. The lowest BCUT2D eigenvalue weighted by Crippen LogP contribution is -2.49. The molecule has 4 rings (SSSR count). The predicted octanol–water partition coefficient (Wildman–Crippen LogP) is 5.03. The Balaban J connectivity index is 1.39. The molecule has 4 nitrogen and oxygen atoms in total. The van der Waals surface area contributed by atoms with E-state index in [0.29, 0.717) is 6.61 Å². The van der Waals surface area contributed by atoms with Crippen molar-refractivity contribution in [2.45, 2.75) is 13.0 Å². The lowest BCUT2D eigenvalue weighted by molar-refractivity contribution is -0.127. The molecular formula is C28H30N2O2. The van der Waals surface area contributed by atoms with Crippen LogP contribution in [-0.2, 0) is 4.79 Å². The number of carbonyl (C=O) groups excluding carboxylic acids is 1. The van der Waals surface area contributed by atoms with Crippen molar-refractivity contribution in [1.82, 2.24) is 9.80 Å². The average molecular weight is 427 g/mol. The number of hydrogen-bond donors (Lipinski definition) is 0. The molecular weight excluding hydrogens is 396 g/mol. The van der Waals surface area contributed by atoms with Crippen LogP contribution in [0.25, 0.3) is 6.08 Å². The van der Waals surface area contributed by atoms with Gasteiger partial charge in [0.15, 0.2) is 0 Å². The van der Waals surface area contributed by atoms with Gasteiger partial charge in [-0.3, -0.25) is 9.69 Å². The summed E-state index contributed by atoms with van der Waals surface area (Å²) in [6.45, 7) is 5.75. The molecule has 0 saturated carbocycles. The molecule has 0 aromatic heterocycles. The molecule has 1 heterocycles. The Morgan fingerprint density at radius 3 is 1.94 bits per heavy atom. The Bertz CT molecular complexity index is 969.